The fourth-order valence-corrected chi connectivity index (χ4v) is 19.3. The summed E-state index contributed by atoms with van der Waals surface area (Å²) in [6, 6.07) is 0. The fourth-order valence-electron chi connectivity index (χ4n) is 19.3. The molecule has 8 bridgehead atoms. The van der Waals surface area contributed by atoms with Gasteiger partial charge >= 0.3 is 47.8 Å². The maximum absolute atomic E-state index is 12.9. The second-order valence-electron chi connectivity index (χ2n) is 34.8. The van der Waals surface area contributed by atoms with Gasteiger partial charge in [0.2, 0.25) is 0 Å². The summed E-state index contributed by atoms with van der Waals surface area (Å²) in [7, 11) is 0. The lowest BCUT2D eigenvalue weighted by Crippen LogP contribution is -2.40. The van der Waals surface area contributed by atoms with E-state index in [1.807, 2.05) is 69.2 Å². The molecule has 0 aliphatic heterocycles. The van der Waals surface area contributed by atoms with Crippen LogP contribution in [0.15, 0.2) is 0 Å². The maximum Gasteiger partial charge on any atom is 0.311 e. The highest BCUT2D eigenvalue weighted by atomic mass is 16.6. The highest BCUT2D eigenvalue weighted by Gasteiger charge is 2.57. The third-order valence-corrected chi connectivity index (χ3v) is 27.1. The molecule has 0 radical (unpaired) electrons. The van der Waals surface area contributed by atoms with E-state index in [-0.39, 0.29) is 213 Å². The molecule has 104 heavy (non-hydrogen) atoms. The van der Waals surface area contributed by atoms with E-state index in [4.69, 9.17) is 37.9 Å². The normalized spacial score (nSPS) is 32.0. The van der Waals surface area contributed by atoms with Gasteiger partial charge < -0.3 is 37.9 Å². The molecule has 608 valence electrons. The first-order chi connectivity index (χ1) is 45.4. The molecule has 12 rings (SSSR count). The molecule has 12 aliphatic rings. The lowest BCUT2D eigenvalue weighted by molar-refractivity contribution is -0.174. The molecule has 0 aromatic rings. The molecule has 18 atom stereocenters. The Balaban J connectivity index is 0.000000676. The van der Waals surface area contributed by atoms with Crippen LogP contribution < -0.4 is 0 Å². The van der Waals surface area contributed by atoms with Crippen LogP contribution in [0.5, 0.6) is 0 Å². The molecule has 0 N–H and O–H groups in total. The first-order valence-corrected chi connectivity index (χ1v) is 39.2. The van der Waals surface area contributed by atoms with Crippen molar-refractivity contribution in [3.63, 3.8) is 0 Å². The zero-order valence-electron chi connectivity index (χ0n) is 62.0. The average Bonchev–Trinajstić information content (AvgIpc) is 1.65. The Morgan fingerprint density at radius 1 is 0.337 bits per heavy atom. The van der Waals surface area contributed by atoms with Crippen LogP contribution in [0, 0.1) is 93.7 Å². The minimum absolute atomic E-state index is 0. The maximum atomic E-state index is 12.9. The monoisotopic (exact) mass is 1470 g/mol. The Hall–Kier alpha value is -4.24. The molecule has 0 saturated heterocycles. The summed E-state index contributed by atoms with van der Waals surface area (Å²) in [5, 5.41) is 0. The highest BCUT2D eigenvalue weighted by Crippen LogP contribution is 2.56. The van der Waals surface area contributed by atoms with E-state index in [0.717, 1.165) is 218 Å². The topological polar surface area (TPSA) is 210 Å². The molecule has 12 aliphatic carbocycles. The van der Waals surface area contributed by atoms with Crippen molar-refractivity contribution in [2.45, 2.75) is 421 Å². The first-order valence-electron chi connectivity index (χ1n) is 39.2. The van der Waals surface area contributed by atoms with E-state index in [1.165, 1.54) is 0 Å². The molecular formula is C88H160O16. The van der Waals surface area contributed by atoms with E-state index in [0.29, 0.717) is 23.7 Å². The highest BCUT2D eigenvalue weighted by molar-refractivity contribution is 5.79. The zero-order chi connectivity index (χ0) is 69.7. The van der Waals surface area contributed by atoms with E-state index in [2.05, 4.69) is 27.7 Å². The largest absolute Gasteiger partial charge is 0.462 e. The van der Waals surface area contributed by atoms with Gasteiger partial charge in [0.05, 0.1) is 46.3 Å². The van der Waals surface area contributed by atoms with E-state index in [1.54, 1.807) is 0 Å². The SMILES string of the molecule is C.C.C.C.C.C.C.C.CCC(C)(C)C(=O)OC1CC2CC(C(=O)OC3(C)CCCC3)C1C2.CCC(C)C(=O)OC1CC2CC(C(=O)OC3(C)CCCC3)C1C2.CCC(C)C(=O)OC1CC2CC(C(=O)OC3(CC)CCCC3)C1C2.CCC1(OC(=O)C2CC3CC(OC(=O)C(C)(C)CC)C2C3)CCCC1. The Bertz CT molecular complexity index is 2690. The summed E-state index contributed by atoms with van der Waals surface area (Å²) < 4.78 is 47.0. The minimum atomic E-state index is -0.450. The number of hydrogen-bond donors (Lipinski definition) is 0. The van der Waals surface area contributed by atoms with Gasteiger partial charge in [0.25, 0.3) is 0 Å². The molecule has 16 heteroatoms. The number of carbonyl (C=O) groups is 8. The van der Waals surface area contributed by atoms with Crippen molar-refractivity contribution in [1.82, 2.24) is 0 Å². The molecule has 0 amide bonds. The van der Waals surface area contributed by atoms with E-state index < -0.39 is 10.8 Å². The Morgan fingerprint density at radius 2 is 0.567 bits per heavy atom. The van der Waals surface area contributed by atoms with Crippen LogP contribution in [-0.4, -0.2) is 94.6 Å². The van der Waals surface area contributed by atoms with E-state index >= 15 is 0 Å². The van der Waals surface area contributed by atoms with Gasteiger partial charge in [-0.1, -0.05) is 115 Å². The summed E-state index contributed by atoms with van der Waals surface area (Å²) in [4.78, 5) is 100. The third-order valence-electron chi connectivity index (χ3n) is 27.1. The Labute approximate surface area is 636 Å². The first kappa shape index (κ1) is 97.8. The van der Waals surface area contributed by atoms with Crippen molar-refractivity contribution in [2.75, 3.05) is 0 Å². The van der Waals surface area contributed by atoms with Crippen LogP contribution in [0.1, 0.15) is 375 Å². The molecular weight excluding hydrogens is 1310 g/mol. The third kappa shape index (κ3) is 22.9. The van der Waals surface area contributed by atoms with Gasteiger partial charge in [-0.3, -0.25) is 38.4 Å². The second kappa shape index (κ2) is 41.0. The average molecular weight is 1470 g/mol. The predicted molar refractivity (Wildman–Crippen MR) is 419 cm³/mol. The quantitative estimate of drug-likeness (QED) is 0.0729. The van der Waals surface area contributed by atoms with Gasteiger partial charge in [0, 0.05) is 23.7 Å². The summed E-state index contributed by atoms with van der Waals surface area (Å²) in [5.41, 5.74) is -1.88. The lowest BCUT2D eigenvalue weighted by atomic mass is 9.85. The van der Waals surface area contributed by atoms with Crippen molar-refractivity contribution in [2.24, 2.45) is 93.7 Å². The molecule has 0 aromatic heterocycles. The molecule has 0 aromatic carbocycles. The van der Waals surface area contributed by atoms with Crippen LogP contribution in [0.2, 0.25) is 0 Å². The number of carbonyl (C=O) groups excluding carboxylic acids is 8. The van der Waals surface area contributed by atoms with Gasteiger partial charge in [-0.05, 0) is 284 Å². The van der Waals surface area contributed by atoms with E-state index in [9.17, 15) is 38.4 Å². The van der Waals surface area contributed by atoms with Crippen molar-refractivity contribution in [1.29, 1.82) is 0 Å². The zero-order valence-corrected chi connectivity index (χ0v) is 62.0. The van der Waals surface area contributed by atoms with Crippen LogP contribution in [-0.2, 0) is 76.3 Å². The number of esters is 8. The van der Waals surface area contributed by atoms with Crippen LogP contribution >= 0.6 is 0 Å². The molecule has 0 heterocycles. The van der Waals surface area contributed by atoms with Gasteiger partial charge in [-0.2, -0.15) is 0 Å². The summed E-state index contributed by atoms with van der Waals surface area (Å²) >= 11 is 0. The molecule has 18 unspecified atom stereocenters. The Kier molecular flexibility index (Phi) is 38.5. The number of hydrogen-bond acceptors (Lipinski definition) is 16. The summed E-state index contributed by atoms with van der Waals surface area (Å²) in [6.45, 7) is 27.9. The van der Waals surface area contributed by atoms with Crippen molar-refractivity contribution in [3.05, 3.63) is 0 Å². The van der Waals surface area contributed by atoms with Crippen molar-refractivity contribution < 1.29 is 76.3 Å². The molecule has 12 fully saturated rings. The second-order valence-corrected chi connectivity index (χ2v) is 34.8. The van der Waals surface area contributed by atoms with Crippen LogP contribution in [0.25, 0.3) is 0 Å². The molecule has 12 saturated carbocycles. The van der Waals surface area contributed by atoms with Crippen molar-refractivity contribution >= 4 is 47.8 Å². The lowest BCUT2D eigenvalue weighted by Gasteiger charge is -2.34. The van der Waals surface area contributed by atoms with Gasteiger partial charge in [0.15, 0.2) is 0 Å². The summed E-state index contributed by atoms with van der Waals surface area (Å²) in [5.74, 6) is 1.65. The minimum Gasteiger partial charge on any atom is -0.462 e. The fraction of sp³-hybridized carbons (Fsp3) is 0.909. The number of ether oxygens (including phenoxy) is 8. The number of fused-ring (bicyclic) bond motifs is 8. The predicted octanol–water partition coefficient (Wildman–Crippen LogP) is 22.1. The van der Waals surface area contributed by atoms with Crippen LogP contribution in [0.4, 0.5) is 0 Å². The standard InChI is InChI=1S/C21H34O4.2C20H32O4.C19H30O4.8CH4/c1-5-20(3,4)19(23)24-17-13-14-11-15(17)16(12-14)18(22)25-21(6-2)9-7-8-10-21;1-5-19(2,3)18(22)23-16-12-13-10-14(16)15(11-13)17(21)24-20(4)8-6-7-9-20;1-4-13(3)18(21)23-17-12-14-10-15(17)16(11-14)19(22)24-20(5-2)8-6-7-9-20;1-4-12(2)17(20)22-16-11-13-9-14(16)15(10-13)18(21)23-19(3)7-5-6-8-19;;;;;;;;/h14-17H,5-13H2,1-4H3;13-16H,5-12H2,1-4H3;13-17H,4-12H2,1-3H3;12-16H,4-11H2,1-3H3;8*1H4. The van der Waals surface area contributed by atoms with Gasteiger partial charge in [-0.25, -0.2) is 0 Å². The Morgan fingerprint density at radius 3 is 0.788 bits per heavy atom. The van der Waals surface area contributed by atoms with Crippen LogP contribution in [0.3, 0.4) is 0 Å². The summed E-state index contributed by atoms with van der Waals surface area (Å²) in [6.07, 6.45) is 33.1. The smallest absolute Gasteiger partial charge is 0.311 e. The van der Waals surface area contributed by atoms with Gasteiger partial charge in [0.1, 0.15) is 46.8 Å². The van der Waals surface area contributed by atoms with Gasteiger partial charge in [-0.15, -0.1) is 0 Å². The molecule has 0 spiro atoms. The molecule has 16 nitrogen and oxygen atoms in total. The number of rotatable bonds is 22. The van der Waals surface area contributed by atoms with Crippen molar-refractivity contribution in [3.8, 4) is 0 Å².